The molecule has 0 aliphatic carbocycles. The molecule has 2 N–H and O–H groups in total. The van der Waals surface area contributed by atoms with Gasteiger partial charge in [-0.1, -0.05) is 18.2 Å². The number of rotatable bonds is 8. The van der Waals surface area contributed by atoms with E-state index >= 15 is 0 Å². The predicted molar refractivity (Wildman–Crippen MR) is 113 cm³/mol. The number of morpholine rings is 1. The number of hydrogen-bond acceptors (Lipinski definition) is 4. The molecule has 0 spiro atoms. The highest BCUT2D eigenvalue weighted by Crippen LogP contribution is 2.26. The summed E-state index contributed by atoms with van der Waals surface area (Å²) in [7, 11) is 0. The number of hydrogen-bond donors (Lipinski definition) is 2. The second kappa shape index (κ2) is 13.0. The molecular formula is C18H28F3IN4O2. The average Bonchev–Trinajstić information content (AvgIpc) is 2.64. The van der Waals surface area contributed by atoms with Crippen LogP contribution in [0.1, 0.15) is 18.9 Å². The maximum atomic E-state index is 12.5. The van der Waals surface area contributed by atoms with Crippen LogP contribution in [0, 0.1) is 0 Å². The Balaban J connectivity index is 0.00000392. The summed E-state index contributed by atoms with van der Waals surface area (Å²) in [6, 6.07) is 6.04. The Morgan fingerprint density at radius 3 is 2.61 bits per heavy atom. The zero-order valence-corrected chi connectivity index (χ0v) is 18.3. The van der Waals surface area contributed by atoms with Crippen LogP contribution in [0.25, 0.3) is 0 Å². The maximum Gasteiger partial charge on any atom is 0.573 e. The second-order valence-electron chi connectivity index (χ2n) is 6.09. The summed E-state index contributed by atoms with van der Waals surface area (Å²) in [5, 5.41) is 6.32. The van der Waals surface area contributed by atoms with Gasteiger partial charge in [0.2, 0.25) is 0 Å². The summed E-state index contributed by atoms with van der Waals surface area (Å²) in [6.45, 7) is 7.83. The van der Waals surface area contributed by atoms with E-state index in [-0.39, 0.29) is 36.3 Å². The molecule has 1 fully saturated rings. The molecule has 160 valence electrons. The lowest BCUT2D eigenvalue weighted by Crippen LogP contribution is -2.40. The standard InChI is InChI=1S/C18H27F3N4O2.HI/c1-2-22-17(23-8-5-9-25-10-12-26-13-11-25)24-14-15-6-3-4-7-16(15)27-18(19,20)21;/h3-4,6-7H,2,5,8-14H2,1H3,(H2,22,23,24);1H. The zero-order chi connectivity index (χ0) is 19.5. The van der Waals surface area contributed by atoms with Crippen molar-refractivity contribution in [3.8, 4) is 5.75 Å². The molecule has 2 rings (SSSR count). The zero-order valence-electron chi connectivity index (χ0n) is 15.9. The largest absolute Gasteiger partial charge is 0.573 e. The highest BCUT2D eigenvalue weighted by Gasteiger charge is 2.31. The highest BCUT2D eigenvalue weighted by atomic mass is 127. The molecule has 1 aliphatic heterocycles. The van der Waals surface area contributed by atoms with Crippen LogP contribution in [0.15, 0.2) is 29.3 Å². The van der Waals surface area contributed by atoms with Gasteiger partial charge in [0.1, 0.15) is 5.75 Å². The lowest BCUT2D eigenvalue weighted by atomic mass is 10.2. The van der Waals surface area contributed by atoms with E-state index in [0.29, 0.717) is 18.1 Å². The summed E-state index contributed by atoms with van der Waals surface area (Å²) >= 11 is 0. The van der Waals surface area contributed by atoms with Crippen molar-refractivity contribution in [2.75, 3.05) is 45.9 Å². The topological polar surface area (TPSA) is 58.1 Å². The molecule has 0 atom stereocenters. The first-order valence-electron chi connectivity index (χ1n) is 9.14. The SMILES string of the molecule is CCNC(=NCc1ccccc1OC(F)(F)F)NCCCN1CCOCC1.I. The normalized spacial score (nSPS) is 15.6. The van der Waals surface area contributed by atoms with Crippen LogP contribution in [-0.2, 0) is 11.3 Å². The molecule has 1 saturated heterocycles. The van der Waals surface area contributed by atoms with Crippen molar-refractivity contribution in [3.63, 3.8) is 0 Å². The minimum atomic E-state index is -4.72. The van der Waals surface area contributed by atoms with Crippen LogP contribution in [-0.4, -0.2) is 63.2 Å². The molecule has 10 heteroatoms. The molecule has 1 aromatic carbocycles. The van der Waals surface area contributed by atoms with Crippen LogP contribution in [0.3, 0.4) is 0 Å². The second-order valence-corrected chi connectivity index (χ2v) is 6.09. The van der Waals surface area contributed by atoms with Crippen molar-refractivity contribution in [2.45, 2.75) is 26.3 Å². The van der Waals surface area contributed by atoms with Gasteiger partial charge in [-0.15, -0.1) is 37.1 Å². The number of guanidine groups is 1. The molecule has 6 nitrogen and oxygen atoms in total. The fraction of sp³-hybridized carbons (Fsp3) is 0.611. The molecule has 0 bridgehead atoms. The smallest absolute Gasteiger partial charge is 0.405 e. The number of benzene rings is 1. The molecular weight excluding hydrogens is 488 g/mol. The van der Waals surface area contributed by atoms with Gasteiger partial charge in [-0.25, -0.2) is 4.99 Å². The Hall–Kier alpha value is -1.27. The van der Waals surface area contributed by atoms with Crippen molar-refractivity contribution in [2.24, 2.45) is 4.99 Å². The Morgan fingerprint density at radius 2 is 1.93 bits per heavy atom. The molecule has 0 saturated carbocycles. The number of nitrogens with one attached hydrogen (secondary N) is 2. The third-order valence-electron chi connectivity index (χ3n) is 4.00. The fourth-order valence-electron chi connectivity index (χ4n) is 2.70. The number of ether oxygens (including phenoxy) is 2. The average molecular weight is 516 g/mol. The number of para-hydroxylation sites is 1. The molecule has 0 aromatic heterocycles. The van der Waals surface area contributed by atoms with Gasteiger partial charge in [-0.3, -0.25) is 4.90 Å². The first kappa shape index (κ1) is 24.8. The van der Waals surface area contributed by atoms with Gasteiger partial charge in [0.25, 0.3) is 0 Å². The number of aliphatic imine (C=N–C) groups is 1. The summed E-state index contributed by atoms with van der Waals surface area (Å²) < 4.78 is 46.9. The first-order valence-corrected chi connectivity index (χ1v) is 9.14. The summed E-state index contributed by atoms with van der Waals surface area (Å²) in [4.78, 5) is 6.72. The van der Waals surface area contributed by atoms with Crippen LogP contribution >= 0.6 is 24.0 Å². The van der Waals surface area contributed by atoms with E-state index in [0.717, 1.165) is 45.8 Å². The lowest BCUT2D eigenvalue weighted by molar-refractivity contribution is -0.274. The van der Waals surface area contributed by atoms with Crippen LogP contribution in [0.2, 0.25) is 0 Å². The number of nitrogens with zero attached hydrogens (tertiary/aromatic N) is 2. The number of halogens is 4. The minimum absolute atomic E-state index is 0. The quantitative estimate of drug-likeness (QED) is 0.241. The Labute approximate surface area is 180 Å². The van der Waals surface area contributed by atoms with Gasteiger partial charge in [0.05, 0.1) is 19.8 Å². The molecule has 1 heterocycles. The minimum Gasteiger partial charge on any atom is -0.405 e. The highest BCUT2D eigenvalue weighted by molar-refractivity contribution is 14.0. The summed E-state index contributed by atoms with van der Waals surface area (Å²) in [5.74, 6) is 0.346. The fourth-order valence-corrected chi connectivity index (χ4v) is 2.70. The Morgan fingerprint density at radius 1 is 1.21 bits per heavy atom. The Bertz CT molecular complexity index is 596. The lowest BCUT2D eigenvalue weighted by Gasteiger charge is -2.26. The van der Waals surface area contributed by atoms with Crippen LogP contribution in [0.4, 0.5) is 13.2 Å². The van der Waals surface area contributed by atoms with E-state index in [4.69, 9.17) is 4.74 Å². The van der Waals surface area contributed by atoms with Crippen molar-refractivity contribution in [3.05, 3.63) is 29.8 Å². The van der Waals surface area contributed by atoms with E-state index < -0.39 is 6.36 Å². The van der Waals surface area contributed by atoms with Crippen molar-refractivity contribution < 1.29 is 22.6 Å². The van der Waals surface area contributed by atoms with Gasteiger partial charge in [-0.2, -0.15) is 0 Å². The summed E-state index contributed by atoms with van der Waals surface area (Å²) in [6.07, 6.45) is -3.78. The van der Waals surface area contributed by atoms with Crippen LogP contribution < -0.4 is 15.4 Å². The predicted octanol–water partition coefficient (Wildman–Crippen LogP) is 2.98. The van der Waals surface area contributed by atoms with E-state index in [1.165, 1.54) is 12.1 Å². The third kappa shape index (κ3) is 9.78. The van der Waals surface area contributed by atoms with Gasteiger partial charge in [0.15, 0.2) is 5.96 Å². The molecule has 0 radical (unpaired) electrons. The molecule has 0 amide bonds. The van der Waals surface area contributed by atoms with Gasteiger partial charge < -0.3 is 20.1 Å². The molecule has 28 heavy (non-hydrogen) atoms. The first-order chi connectivity index (χ1) is 13.0. The van der Waals surface area contributed by atoms with Crippen LogP contribution in [0.5, 0.6) is 5.75 Å². The molecule has 0 unspecified atom stereocenters. The van der Waals surface area contributed by atoms with E-state index in [1.54, 1.807) is 12.1 Å². The van der Waals surface area contributed by atoms with E-state index in [1.807, 2.05) is 6.92 Å². The van der Waals surface area contributed by atoms with Gasteiger partial charge in [0, 0.05) is 31.7 Å². The van der Waals surface area contributed by atoms with Crippen molar-refractivity contribution in [1.82, 2.24) is 15.5 Å². The van der Waals surface area contributed by atoms with Gasteiger partial charge >= 0.3 is 6.36 Å². The van der Waals surface area contributed by atoms with E-state index in [2.05, 4.69) is 25.3 Å². The number of alkyl halides is 3. The molecule has 1 aliphatic rings. The van der Waals surface area contributed by atoms with Gasteiger partial charge in [-0.05, 0) is 26.0 Å². The molecule has 1 aromatic rings. The Kier molecular flexibility index (Phi) is 11.5. The van der Waals surface area contributed by atoms with Crippen molar-refractivity contribution in [1.29, 1.82) is 0 Å². The van der Waals surface area contributed by atoms with Crippen molar-refractivity contribution >= 4 is 29.9 Å². The monoisotopic (exact) mass is 516 g/mol. The summed E-state index contributed by atoms with van der Waals surface area (Å²) in [5.41, 5.74) is 0.375. The van der Waals surface area contributed by atoms with E-state index in [9.17, 15) is 13.2 Å². The maximum absolute atomic E-state index is 12.5. The third-order valence-corrected chi connectivity index (χ3v) is 4.00.